The van der Waals surface area contributed by atoms with Crippen LogP contribution in [0.3, 0.4) is 0 Å². The number of nitrogens with two attached hydrogens (primary N) is 1. The first-order valence-electron chi connectivity index (χ1n) is 31.0. The molecular formula is C70H68ClF9N12O9S3. The number of nitrogens with one attached hydrogen (secondary N) is 8. The molecule has 0 atom stereocenters. The highest BCUT2D eigenvalue weighted by Crippen LogP contribution is 2.42. The molecule has 0 saturated heterocycles. The summed E-state index contributed by atoms with van der Waals surface area (Å²) < 4.78 is 201. The van der Waals surface area contributed by atoms with Crippen LogP contribution < -0.4 is 46.5 Å². The minimum absolute atomic E-state index is 0. The van der Waals surface area contributed by atoms with Crippen LogP contribution in [-0.2, 0) is 102 Å². The van der Waals surface area contributed by atoms with E-state index in [1.165, 1.54) is 112 Å². The number of aromatic nitrogens is 3. The molecule has 3 aromatic heterocycles. The summed E-state index contributed by atoms with van der Waals surface area (Å²) in [6.45, 7) is 0. The van der Waals surface area contributed by atoms with Crippen molar-refractivity contribution in [1.29, 1.82) is 0 Å². The Morgan fingerprint density at radius 2 is 0.683 bits per heavy atom. The quantitative estimate of drug-likeness (QED) is 0.0247. The van der Waals surface area contributed by atoms with Gasteiger partial charge in [0, 0.05) is 86.3 Å². The van der Waals surface area contributed by atoms with Crippen LogP contribution >= 0.6 is 11.6 Å². The number of nitrogen functional groups attached to an aromatic ring is 1. The number of benzene rings is 6. The molecule has 0 fully saturated rings. The van der Waals surface area contributed by atoms with Crippen LogP contribution in [0.4, 0.5) is 102 Å². The van der Waals surface area contributed by atoms with Crippen molar-refractivity contribution in [1.82, 2.24) is 29.1 Å². The number of anilines is 11. The van der Waals surface area contributed by atoms with Crippen LogP contribution in [-0.4, -0.2) is 78.7 Å². The van der Waals surface area contributed by atoms with E-state index < -0.39 is 71.0 Å². The molecule has 9 aromatic rings. The highest BCUT2D eigenvalue weighted by Gasteiger charge is 2.38. The fourth-order valence-electron chi connectivity index (χ4n) is 10.9. The summed E-state index contributed by atoms with van der Waals surface area (Å²) in [6, 6.07) is 36.8. The number of sulfonamides is 3. The van der Waals surface area contributed by atoms with Gasteiger partial charge in [0.15, 0.2) is 0 Å². The molecule has 550 valence electrons. The van der Waals surface area contributed by atoms with Crippen LogP contribution in [0.15, 0.2) is 179 Å². The fraction of sp³-hybridized carbons (Fsp3) is 0.229. The lowest BCUT2D eigenvalue weighted by molar-refractivity contribution is -0.138. The summed E-state index contributed by atoms with van der Waals surface area (Å²) in [5, 5.41) is 13.5. The van der Waals surface area contributed by atoms with Crippen LogP contribution in [0.25, 0.3) is 0 Å². The highest BCUT2D eigenvalue weighted by atomic mass is 35.5. The third kappa shape index (κ3) is 20.4. The van der Waals surface area contributed by atoms with Gasteiger partial charge < -0.3 is 32.3 Å². The first-order chi connectivity index (χ1) is 48.5. The molecule has 34 heteroatoms. The first kappa shape index (κ1) is 79.7. The number of halogens is 10. The van der Waals surface area contributed by atoms with Gasteiger partial charge in [-0.25, -0.2) is 54.4 Å². The molecule has 10 N–H and O–H groups in total. The maximum atomic E-state index is 13.7. The van der Waals surface area contributed by atoms with Gasteiger partial charge in [0.2, 0.25) is 30.1 Å². The number of carbonyl (C=O) groups excluding carboxylic acids is 3. The zero-order valence-corrected chi connectivity index (χ0v) is 57.8. The number of hydrogen-bond donors (Lipinski definition) is 9. The molecular weight excluding hydrogens is 1460 g/mol. The van der Waals surface area contributed by atoms with E-state index in [-0.39, 0.29) is 78.9 Å². The average molecular weight is 1520 g/mol. The molecule has 3 heterocycles. The van der Waals surface area contributed by atoms with Gasteiger partial charge >= 0.3 is 18.5 Å². The van der Waals surface area contributed by atoms with Crippen molar-refractivity contribution >= 4 is 122 Å². The minimum Gasteiger partial charge on any atom is -0.399 e. The number of rotatable bonds is 16. The lowest BCUT2D eigenvalue weighted by atomic mass is 9.90. The number of para-hydroxylation sites is 3. The molecule has 0 saturated carbocycles. The molecule has 0 radical (unpaired) electrons. The van der Waals surface area contributed by atoms with Crippen molar-refractivity contribution in [2.75, 3.05) is 53.5 Å². The van der Waals surface area contributed by atoms with Gasteiger partial charge in [-0.15, -0.1) is 0 Å². The Morgan fingerprint density at radius 3 is 1.02 bits per heavy atom. The average Bonchev–Trinajstić information content (AvgIpc) is 0.802. The number of carbonyl (C=O) groups is 3. The van der Waals surface area contributed by atoms with Crippen LogP contribution in [0.2, 0.25) is 5.15 Å². The fourth-order valence-corrected chi connectivity index (χ4v) is 13.7. The second-order valence-electron chi connectivity index (χ2n) is 23.2. The Bertz CT molecular complexity index is 4850. The van der Waals surface area contributed by atoms with Crippen molar-refractivity contribution in [3.63, 3.8) is 0 Å². The third-order valence-corrected chi connectivity index (χ3v) is 20.7. The number of alkyl halides is 9. The normalized spacial score (nSPS) is 13.6. The topological polar surface area (TPSA) is 315 Å². The summed E-state index contributed by atoms with van der Waals surface area (Å²) in [5.41, 5.74) is 9.64. The van der Waals surface area contributed by atoms with Crippen molar-refractivity contribution in [3.8, 4) is 0 Å². The monoisotopic (exact) mass is 1520 g/mol. The molecule has 6 aromatic carbocycles. The predicted octanol–water partition coefficient (Wildman–Crippen LogP) is 14.5. The number of aryl methyl sites for hydroxylation is 3. The van der Waals surface area contributed by atoms with Gasteiger partial charge in [0.1, 0.15) is 48.8 Å². The van der Waals surface area contributed by atoms with Crippen LogP contribution in [0, 0.1) is 0 Å². The Morgan fingerprint density at radius 1 is 0.375 bits per heavy atom. The maximum Gasteiger partial charge on any atom is 0.419 e. The number of pyridine rings is 3. The van der Waals surface area contributed by atoms with Gasteiger partial charge in [0.05, 0.1) is 50.8 Å². The summed E-state index contributed by atoms with van der Waals surface area (Å²) in [4.78, 5) is 45.0. The largest absolute Gasteiger partial charge is 0.419 e. The van der Waals surface area contributed by atoms with Crippen LogP contribution in [0.5, 0.6) is 0 Å². The van der Waals surface area contributed by atoms with Crippen molar-refractivity contribution < 1.29 is 79.2 Å². The molecule has 3 aliphatic rings. The van der Waals surface area contributed by atoms with E-state index in [0.717, 1.165) is 46.0 Å². The zero-order chi connectivity index (χ0) is 74.8. The van der Waals surface area contributed by atoms with Gasteiger partial charge in [-0.1, -0.05) is 73.6 Å². The molecule has 104 heavy (non-hydrogen) atoms. The molecule has 0 unspecified atom stereocenters. The van der Waals surface area contributed by atoms with Gasteiger partial charge in [-0.05, 0) is 153 Å². The number of hydrogen-bond acceptors (Lipinski definition) is 18. The molecule has 0 spiro atoms. The van der Waals surface area contributed by atoms with E-state index in [2.05, 4.69) is 55.7 Å². The number of Topliss-reactive ketones (excluding diaryl/α,β-unsaturated/α-hetero) is 3. The van der Waals surface area contributed by atoms with Gasteiger partial charge in [-0.3, -0.25) is 14.4 Å². The van der Waals surface area contributed by atoms with E-state index in [1.807, 2.05) is 42.5 Å². The zero-order valence-electron chi connectivity index (χ0n) is 54.6. The number of ketones is 3. The Hall–Kier alpha value is -10.0. The second kappa shape index (κ2) is 33.2. The molecule has 0 aliphatic heterocycles. The van der Waals surface area contributed by atoms with E-state index >= 15 is 0 Å². The minimum atomic E-state index is -4.72. The maximum absolute atomic E-state index is 13.7. The van der Waals surface area contributed by atoms with E-state index in [4.69, 9.17) is 17.3 Å². The smallest absolute Gasteiger partial charge is 0.399 e. The summed E-state index contributed by atoms with van der Waals surface area (Å²) in [6.07, 6.45) is -7.15. The number of nitrogens with zero attached hydrogens (tertiary/aromatic N) is 3. The van der Waals surface area contributed by atoms with Crippen molar-refractivity contribution in [3.05, 3.63) is 219 Å². The van der Waals surface area contributed by atoms with Gasteiger partial charge in [0.25, 0.3) is 0 Å². The lowest BCUT2D eigenvalue weighted by Crippen LogP contribution is -2.20. The van der Waals surface area contributed by atoms with Crippen molar-refractivity contribution in [2.45, 2.75) is 98.4 Å². The summed E-state index contributed by atoms with van der Waals surface area (Å²) in [5.74, 6) is 0.961. The highest BCUT2D eigenvalue weighted by molar-refractivity contribution is 7.90. The Kier molecular flexibility index (Phi) is 25.4. The molecule has 12 rings (SSSR count). The Labute approximate surface area is 598 Å². The summed E-state index contributed by atoms with van der Waals surface area (Å²) in [7, 11) is -8.04. The number of fused-ring (bicyclic) bond motifs is 3. The molecule has 21 nitrogen and oxygen atoms in total. The van der Waals surface area contributed by atoms with Crippen molar-refractivity contribution in [2.24, 2.45) is 0 Å². The molecule has 3 aliphatic carbocycles. The SMILES string of the molecule is C.CNS(=O)(=O)c1ccccc1Nc1cc(Cl)ncc1C(F)(F)F.CNS(=O)(=O)c1ccccc1Nc1cc(Nc2ccc3c(c2)CCC(=O)C3)ncc1C(F)(F)F.CNS(=O)(=O)c1ccccc1Nc1cc(Nc2ccc3c(c2)CCC(=O)C3)ncc1C(F)(F)F.Nc1ccc2c(c1)CCC(=O)C2. The molecule has 0 bridgehead atoms. The first-order valence-corrected chi connectivity index (χ1v) is 35.8. The Balaban J connectivity index is 0.000000184. The standard InChI is InChI=1S/2C23H21F3N4O3S.C13H11ClF3N3O2S.C10H11NO.CH4/c2*1-27-34(32,33)21-5-3-2-4-19(21)30-20-12-22(28-13-18(20)23(24,25)26)29-16-8-6-15-11-17(31)9-7-14(15)10-16;1-18-23(21,22)11-5-3-2-4-9(11)20-10-6-12(14)19-7-8(10)13(15,16)17;11-9-3-1-8-6-10(12)4-2-7(8)5-9;/h2*2-6,8,10,12-13,27H,7,9,11H2,1H3,(H2,28,29,30);2-7,18H,1H3,(H,19,20);1,3,5H,2,4,6,11H2;1H4. The van der Waals surface area contributed by atoms with E-state index in [9.17, 15) is 79.2 Å². The van der Waals surface area contributed by atoms with Gasteiger partial charge in [-0.2, -0.15) is 39.5 Å². The van der Waals surface area contributed by atoms with Crippen LogP contribution in [0.1, 0.15) is 76.8 Å². The summed E-state index contributed by atoms with van der Waals surface area (Å²) >= 11 is 5.64. The third-order valence-electron chi connectivity index (χ3n) is 16.1. The second-order valence-corrected chi connectivity index (χ2v) is 29.1. The lowest BCUT2D eigenvalue weighted by Gasteiger charge is -2.19. The van der Waals surface area contributed by atoms with E-state index in [0.29, 0.717) is 87.1 Å². The molecule has 0 amide bonds. The van der Waals surface area contributed by atoms with E-state index in [1.54, 1.807) is 12.1 Å². The predicted molar refractivity (Wildman–Crippen MR) is 379 cm³/mol.